The zero-order valence-electron chi connectivity index (χ0n) is 14.8. The fraction of sp³-hybridized carbons (Fsp3) is 0.300. The van der Waals surface area contributed by atoms with Gasteiger partial charge in [-0.2, -0.15) is 0 Å². The zero-order valence-corrected chi connectivity index (χ0v) is 14.8. The molecule has 0 spiro atoms. The molecule has 0 saturated heterocycles. The molecule has 0 bridgehead atoms. The van der Waals surface area contributed by atoms with Crippen LogP contribution in [0.2, 0.25) is 0 Å². The summed E-state index contributed by atoms with van der Waals surface area (Å²) in [6, 6.07) is 13.8. The summed E-state index contributed by atoms with van der Waals surface area (Å²) in [5.74, 6) is 0.207. The number of likely N-dealkylation sites (N-methyl/N-ethyl adjacent to an activating group) is 1. The fourth-order valence-electron chi connectivity index (χ4n) is 2.59. The second-order valence-electron chi connectivity index (χ2n) is 6.14. The second kappa shape index (κ2) is 7.91. The summed E-state index contributed by atoms with van der Waals surface area (Å²) in [5.41, 5.74) is 0.927. The largest absolute Gasteiger partial charge is 0.490 e. The molecule has 1 aliphatic rings. The fourth-order valence-corrected chi connectivity index (χ4v) is 2.59. The minimum Gasteiger partial charge on any atom is -0.490 e. The topological polar surface area (TPSA) is 65.1 Å². The summed E-state index contributed by atoms with van der Waals surface area (Å²) in [4.78, 5) is 26.5. The molecule has 1 aliphatic heterocycles. The van der Waals surface area contributed by atoms with Crippen LogP contribution in [0.15, 0.2) is 48.5 Å². The molecule has 0 fully saturated rings. The summed E-state index contributed by atoms with van der Waals surface area (Å²) in [7, 11) is 3.25. The van der Waals surface area contributed by atoms with Crippen LogP contribution in [0, 0.1) is 0 Å². The average molecular weight is 355 g/mol. The molecule has 1 heterocycles. The maximum Gasteiger partial charge on any atom is 0.339 e. The quantitative estimate of drug-likeness (QED) is 0.789. The number of hydrogen-bond acceptors (Lipinski definition) is 5. The van der Waals surface area contributed by atoms with Crippen molar-refractivity contribution in [2.75, 3.05) is 27.3 Å². The lowest BCUT2D eigenvalue weighted by atomic mass is 10.1. The highest BCUT2D eigenvalue weighted by Gasteiger charge is 2.27. The molecule has 3 rings (SSSR count). The van der Waals surface area contributed by atoms with Gasteiger partial charge in [0.1, 0.15) is 0 Å². The molecule has 1 atom stereocenters. The minimum atomic E-state index is -1.00. The molecule has 0 unspecified atom stereocenters. The molecule has 2 aromatic carbocycles. The van der Waals surface area contributed by atoms with Gasteiger partial charge in [0.2, 0.25) is 6.10 Å². The van der Waals surface area contributed by atoms with Gasteiger partial charge in [-0.1, -0.05) is 30.3 Å². The third kappa shape index (κ3) is 3.96. The maximum absolute atomic E-state index is 12.6. The lowest BCUT2D eigenvalue weighted by Gasteiger charge is -2.21. The SMILES string of the molecule is CN(C)C(=O)[C@@H](OC(=O)c1ccc2c(c1)OCCCO2)c1ccccc1. The number of benzene rings is 2. The van der Waals surface area contributed by atoms with E-state index in [4.69, 9.17) is 14.2 Å². The van der Waals surface area contributed by atoms with Gasteiger partial charge in [-0.25, -0.2) is 4.79 Å². The first-order valence-corrected chi connectivity index (χ1v) is 8.43. The van der Waals surface area contributed by atoms with Gasteiger partial charge in [0.15, 0.2) is 11.5 Å². The van der Waals surface area contributed by atoms with Gasteiger partial charge < -0.3 is 19.1 Å². The highest BCUT2D eigenvalue weighted by Crippen LogP contribution is 2.31. The standard InChI is InChI=1S/C20H21NO5/c1-21(2)19(22)18(14-7-4-3-5-8-14)26-20(23)15-9-10-16-17(13-15)25-12-6-11-24-16/h3-5,7-10,13,18H,6,11-12H2,1-2H3/t18-/m0/s1. The summed E-state index contributed by atoms with van der Waals surface area (Å²) in [6.45, 7) is 1.10. The van der Waals surface area contributed by atoms with Crippen LogP contribution in [0.1, 0.15) is 28.4 Å². The number of ether oxygens (including phenoxy) is 3. The Balaban J connectivity index is 1.84. The molecule has 26 heavy (non-hydrogen) atoms. The lowest BCUT2D eigenvalue weighted by molar-refractivity contribution is -0.138. The number of hydrogen-bond donors (Lipinski definition) is 0. The van der Waals surface area contributed by atoms with Crippen LogP contribution in [0.3, 0.4) is 0 Å². The highest BCUT2D eigenvalue weighted by atomic mass is 16.5. The van der Waals surface area contributed by atoms with Crippen LogP contribution in [0.25, 0.3) is 0 Å². The van der Waals surface area contributed by atoms with E-state index in [1.54, 1.807) is 56.6 Å². The van der Waals surface area contributed by atoms with E-state index in [1.807, 2.05) is 6.07 Å². The summed E-state index contributed by atoms with van der Waals surface area (Å²) in [5, 5.41) is 0. The van der Waals surface area contributed by atoms with E-state index in [9.17, 15) is 9.59 Å². The molecular formula is C20H21NO5. The third-order valence-electron chi connectivity index (χ3n) is 3.98. The van der Waals surface area contributed by atoms with E-state index in [-0.39, 0.29) is 5.91 Å². The van der Waals surface area contributed by atoms with Gasteiger partial charge in [-0.3, -0.25) is 4.79 Å². The molecule has 0 N–H and O–H groups in total. The van der Waals surface area contributed by atoms with Crippen molar-refractivity contribution in [1.29, 1.82) is 0 Å². The first-order chi connectivity index (χ1) is 12.6. The van der Waals surface area contributed by atoms with Crippen LogP contribution < -0.4 is 9.47 Å². The van der Waals surface area contributed by atoms with Crippen molar-refractivity contribution in [2.24, 2.45) is 0 Å². The Morgan fingerprint density at radius 2 is 1.69 bits per heavy atom. The average Bonchev–Trinajstić information content (AvgIpc) is 2.90. The van der Waals surface area contributed by atoms with Crippen LogP contribution >= 0.6 is 0 Å². The van der Waals surface area contributed by atoms with Gasteiger partial charge in [0, 0.05) is 26.1 Å². The van der Waals surface area contributed by atoms with Gasteiger partial charge in [-0.15, -0.1) is 0 Å². The smallest absolute Gasteiger partial charge is 0.339 e. The monoisotopic (exact) mass is 355 g/mol. The first-order valence-electron chi connectivity index (χ1n) is 8.43. The van der Waals surface area contributed by atoms with E-state index in [0.717, 1.165) is 6.42 Å². The van der Waals surface area contributed by atoms with Crippen molar-refractivity contribution in [2.45, 2.75) is 12.5 Å². The first kappa shape index (κ1) is 17.8. The summed E-state index contributed by atoms with van der Waals surface area (Å²) < 4.78 is 16.7. The van der Waals surface area contributed by atoms with E-state index < -0.39 is 12.1 Å². The van der Waals surface area contributed by atoms with Crippen LogP contribution in [-0.2, 0) is 9.53 Å². The Hall–Kier alpha value is -3.02. The molecule has 6 heteroatoms. The Morgan fingerprint density at radius 1 is 1.00 bits per heavy atom. The molecule has 0 aliphatic carbocycles. The normalized spacial score (nSPS) is 14.1. The van der Waals surface area contributed by atoms with Gasteiger partial charge in [0.05, 0.1) is 18.8 Å². The zero-order chi connectivity index (χ0) is 18.5. The van der Waals surface area contributed by atoms with Gasteiger partial charge in [-0.05, 0) is 18.2 Å². The maximum atomic E-state index is 12.6. The van der Waals surface area contributed by atoms with Crippen molar-refractivity contribution in [3.05, 3.63) is 59.7 Å². The molecule has 0 saturated carbocycles. The van der Waals surface area contributed by atoms with Crippen LogP contribution in [0.5, 0.6) is 11.5 Å². The number of carbonyl (C=O) groups excluding carboxylic acids is 2. The van der Waals surface area contributed by atoms with Crippen molar-refractivity contribution >= 4 is 11.9 Å². The molecule has 2 aromatic rings. The Morgan fingerprint density at radius 3 is 2.38 bits per heavy atom. The Bertz CT molecular complexity index is 788. The number of rotatable bonds is 4. The highest BCUT2D eigenvalue weighted by molar-refractivity contribution is 5.93. The van der Waals surface area contributed by atoms with Crippen molar-refractivity contribution < 1.29 is 23.8 Å². The molecule has 6 nitrogen and oxygen atoms in total. The van der Waals surface area contributed by atoms with Crippen LogP contribution in [0.4, 0.5) is 0 Å². The minimum absolute atomic E-state index is 0.307. The second-order valence-corrected chi connectivity index (χ2v) is 6.14. The third-order valence-corrected chi connectivity index (χ3v) is 3.98. The van der Waals surface area contributed by atoms with Crippen molar-refractivity contribution in [1.82, 2.24) is 4.90 Å². The molecule has 0 radical (unpaired) electrons. The summed E-state index contributed by atoms with van der Waals surface area (Å²) >= 11 is 0. The Labute approximate surface area is 152 Å². The number of nitrogens with zero attached hydrogens (tertiary/aromatic N) is 1. The molecule has 1 amide bonds. The predicted octanol–water partition coefficient (Wildman–Crippen LogP) is 2.83. The van der Waals surface area contributed by atoms with Crippen molar-refractivity contribution in [3.8, 4) is 11.5 Å². The summed E-state index contributed by atoms with van der Waals surface area (Å²) in [6.07, 6.45) is -0.225. The number of carbonyl (C=O) groups is 2. The number of esters is 1. The Kier molecular flexibility index (Phi) is 5.41. The number of amides is 1. The lowest BCUT2D eigenvalue weighted by Crippen LogP contribution is -2.31. The van der Waals surface area contributed by atoms with Crippen molar-refractivity contribution in [3.63, 3.8) is 0 Å². The molecule has 0 aromatic heterocycles. The number of fused-ring (bicyclic) bond motifs is 1. The van der Waals surface area contributed by atoms with E-state index in [1.165, 1.54) is 4.90 Å². The predicted molar refractivity (Wildman–Crippen MR) is 95.3 cm³/mol. The molecular weight excluding hydrogens is 334 g/mol. The van der Waals surface area contributed by atoms with Gasteiger partial charge >= 0.3 is 5.97 Å². The molecule has 136 valence electrons. The van der Waals surface area contributed by atoms with E-state index in [0.29, 0.717) is 35.8 Å². The van der Waals surface area contributed by atoms with Gasteiger partial charge in [0.25, 0.3) is 5.91 Å². The van der Waals surface area contributed by atoms with E-state index >= 15 is 0 Å². The van der Waals surface area contributed by atoms with E-state index in [2.05, 4.69) is 0 Å². The van der Waals surface area contributed by atoms with Crippen LogP contribution in [-0.4, -0.2) is 44.1 Å².